The van der Waals surface area contributed by atoms with Crippen LogP contribution in [0.15, 0.2) is 48.8 Å². The molecule has 22 heavy (non-hydrogen) atoms. The van der Waals surface area contributed by atoms with Crippen LogP contribution in [0.4, 0.5) is 4.79 Å². The van der Waals surface area contributed by atoms with Crippen molar-refractivity contribution in [3.8, 4) is 11.1 Å². The van der Waals surface area contributed by atoms with Gasteiger partial charge >= 0.3 is 6.03 Å². The van der Waals surface area contributed by atoms with E-state index in [9.17, 15) is 10.0 Å². The topological polar surface area (TPSA) is 84.4 Å². The molecule has 0 aliphatic heterocycles. The number of fused-ring (bicyclic) bond motifs is 1. The summed E-state index contributed by atoms with van der Waals surface area (Å²) in [5.74, 6) is 0. The molecule has 0 unspecified atom stereocenters. The summed E-state index contributed by atoms with van der Waals surface area (Å²) >= 11 is 0. The fraction of sp³-hybridized carbons (Fsp3) is 0.125. The Bertz CT molecular complexity index is 827. The lowest BCUT2D eigenvalue weighted by molar-refractivity contribution is -0.0482. The molecule has 0 saturated heterocycles. The smallest absolute Gasteiger partial charge is 0.338 e. The molecule has 0 saturated carbocycles. The van der Waals surface area contributed by atoms with E-state index in [-0.39, 0.29) is 6.54 Å². The number of aromatic nitrogens is 2. The number of para-hydroxylation sites is 1. The van der Waals surface area contributed by atoms with Gasteiger partial charge in [-0.15, -0.1) is 0 Å². The molecule has 0 spiro atoms. The molecule has 0 fully saturated rings. The SMILES string of the molecule is Cn1c(CN(O)C(N)=O)c(-c2cccnc2)c2ccccc21. The molecule has 1 aromatic carbocycles. The first-order chi connectivity index (χ1) is 10.6. The molecule has 6 nitrogen and oxygen atoms in total. The summed E-state index contributed by atoms with van der Waals surface area (Å²) in [5.41, 5.74) is 8.79. The Morgan fingerprint density at radius 2 is 2.09 bits per heavy atom. The molecule has 0 bridgehead atoms. The van der Waals surface area contributed by atoms with Crippen LogP contribution in [0.5, 0.6) is 0 Å². The molecule has 3 N–H and O–H groups in total. The highest BCUT2D eigenvalue weighted by atomic mass is 16.5. The Morgan fingerprint density at radius 1 is 1.32 bits per heavy atom. The number of primary amides is 1. The second-order valence-corrected chi connectivity index (χ2v) is 5.04. The van der Waals surface area contributed by atoms with Crippen LogP contribution in [0.2, 0.25) is 0 Å². The van der Waals surface area contributed by atoms with Gasteiger partial charge in [-0.1, -0.05) is 24.3 Å². The Balaban J connectivity index is 2.25. The highest BCUT2D eigenvalue weighted by Gasteiger charge is 2.19. The van der Waals surface area contributed by atoms with Gasteiger partial charge in [0.2, 0.25) is 0 Å². The zero-order valence-corrected chi connectivity index (χ0v) is 12.1. The van der Waals surface area contributed by atoms with E-state index in [0.717, 1.165) is 27.7 Å². The number of hydroxylamine groups is 2. The third-order valence-corrected chi connectivity index (χ3v) is 3.73. The zero-order valence-electron chi connectivity index (χ0n) is 12.1. The molecular weight excluding hydrogens is 280 g/mol. The van der Waals surface area contributed by atoms with Crippen molar-refractivity contribution in [2.24, 2.45) is 12.8 Å². The molecule has 6 heteroatoms. The van der Waals surface area contributed by atoms with Gasteiger partial charge in [-0.2, -0.15) is 0 Å². The van der Waals surface area contributed by atoms with Crippen molar-refractivity contribution in [1.82, 2.24) is 14.6 Å². The number of pyridine rings is 1. The van der Waals surface area contributed by atoms with Crippen LogP contribution in [0.3, 0.4) is 0 Å². The van der Waals surface area contributed by atoms with Crippen molar-refractivity contribution < 1.29 is 10.0 Å². The molecule has 2 amide bonds. The first kappa shape index (κ1) is 14.1. The van der Waals surface area contributed by atoms with E-state index in [4.69, 9.17) is 5.73 Å². The summed E-state index contributed by atoms with van der Waals surface area (Å²) in [6.07, 6.45) is 3.47. The predicted molar refractivity (Wildman–Crippen MR) is 83.1 cm³/mol. The molecule has 2 heterocycles. The summed E-state index contributed by atoms with van der Waals surface area (Å²) in [7, 11) is 1.90. The Hall–Kier alpha value is -2.86. The van der Waals surface area contributed by atoms with Crippen molar-refractivity contribution in [1.29, 1.82) is 0 Å². The molecule has 0 atom stereocenters. The maximum Gasteiger partial charge on any atom is 0.338 e. The van der Waals surface area contributed by atoms with Crippen LogP contribution in [0.1, 0.15) is 5.69 Å². The van der Waals surface area contributed by atoms with Crippen molar-refractivity contribution in [3.63, 3.8) is 0 Å². The maximum absolute atomic E-state index is 11.2. The fourth-order valence-electron chi connectivity index (χ4n) is 2.68. The van der Waals surface area contributed by atoms with Crippen LogP contribution in [-0.4, -0.2) is 25.9 Å². The Kier molecular flexibility index (Phi) is 3.52. The number of carbonyl (C=O) groups excluding carboxylic acids is 1. The number of aryl methyl sites for hydroxylation is 1. The van der Waals surface area contributed by atoms with Gasteiger partial charge in [0.1, 0.15) is 0 Å². The molecule has 0 aliphatic carbocycles. The van der Waals surface area contributed by atoms with Crippen molar-refractivity contribution in [2.45, 2.75) is 6.54 Å². The fourth-order valence-corrected chi connectivity index (χ4v) is 2.68. The van der Waals surface area contributed by atoms with E-state index in [1.165, 1.54) is 0 Å². The van der Waals surface area contributed by atoms with Crippen molar-refractivity contribution >= 4 is 16.9 Å². The van der Waals surface area contributed by atoms with Gasteiger partial charge in [0.15, 0.2) is 0 Å². The maximum atomic E-state index is 11.2. The van der Waals surface area contributed by atoms with Gasteiger partial charge < -0.3 is 10.3 Å². The third kappa shape index (κ3) is 2.29. The second kappa shape index (κ2) is 5.50. The van der Waals surface area contributed by atoms with Gasteiger partial charge in [-0.3, -0.25) is 10.2 Å². The van der Waals surface area contributed by atoms with Gasteiger partial charge in [-0.05, 0) is 12.1 Å². The summed E-state index contributed by atoms with van der Waals surface area (Å²) in [6, 6.07) is 10.8. The normalized spacial score (nSPS) is 10.8. The standard InChI is InChI=1S/C16H16N4O2/c1-19-13-7-3-2-6-12(13)15(11-5-4-8-18-9-11)14(19)10-20(22)16(17)21/h2-9,22H,10H2,1H3,(H2,17,21). The third-order valence-electron chi connectivity index (χ3n) is 3.73. The number of nitrogens with two attached hydrogens (primary N) is 1. The molecule has 3 aromatic rings. The van der Waals surface area contributed by atoms with Crippen LogP contribution >= 0.6 is 0 Å². The number of nitrogens with zero attached hydrogens (tertiary/aromatic N) is 3. The lowest BCUT2D eigenvalue weighted by Crippen LogP contribution is -2.32. The summed E-state index contributed by atoms with van der Waals surface area (Å²) in [4.78, 5) is 15.3. The van der Waals surface area contributed by atoms with E-state index >= 15 is 0 Å². The van der Waals surface area contributed by atoms with E-state index in [1.54, 1.807) is 12.4 Å². The van der Waals surface area contributed by atoms with Gasteiger partial charge in [0.05, 0.1) is 6.54 Å². The molecule has 2 aromatic heterocycles. The predicted octanol–water partition coefficient (Wildman–Crippen LogP) is 2.51. The van der Waals surface area contributed by atoms with Gasteiger partial charge in [0.25, 0.3) is 0 Å². The summed E-state index contributed by atoms with van der Waals surface area (Å²) in [6.45, 7) is 0.00470. The zero-order chi connectivity index (χ0) is 15.7. The molecule has 0 aliphatic rings. The number of hydrogen-bond donors (Lipinski definition) is 2. The largest absolute Gasteiger partial charge is 0.350 e. The minimum absolute atomic E-state index is 0.00470. The summed E-state index contributed by atoms with van der Waals surface area (Å²) in [5, 5.41) is 11.3. The van der Waals surface area contributed by atoms with Crippen molar-refractivity contribution in [2.75, 3.05) is 0 Å². The van der Waals surface area contributed by atoms with E-state index in [2.05, 4.69) is 4.98 Å². The van der Waals surface area contributed by atoms with Crippen LogP contribution in [-0.2, 0) is 13.6 Å². The van der Waals surface area contributed by atoms with Gasteiger partial charge in [0, 0.05) is 47.2 Å². The van der Waals surface area contributed by atoms with Gasteiger partial charge in [-0.25, -0.2) is 9.86 Å². The first-order valence-electron chi connectivity index (χ1n) is 6.82. The Labute approximate surface area is 127 Å². The van der Waals surface area contributed by atoms with E-state index in [1.807, 2.05) is 48.0 Å². The molecular formula is C16H16N4O2. The summed E-state index contributed by atoms with van der Waals surface area (Å²) < 4.78 is 1.95. The molecule has 112 valence electrons. The number of urea groups is 1. The molecule has 3 rings (SSSR count). The van der Waals surface area contributed by atoms with Crippen LogP contribution in [0, 0.1) is 0 Å². The van der Waals surface area contributed by atoms with E-state index in [0.29, 0.717) is 5.06 Å². The minimum Gasteiger partial charge on any atom is -0.350 e. The van der Waals surface area contributed by atoms with Crippen molar-refractivity contribution in [3.05, 3.63) is 54.5 Å². The number of rotatable bonds is 3. The second-order valence-electron chi connectivity index (χ2n) is 5.04. The number of benzene rings is 1. The quantitative estimate of drug-likeness (QED) is 0.575. The lowest BCUT2D eigenvalue weighted by atomic mass is 10.0. The number of hydrogen-bond acceptors (Lipinski definition) is 3. The highest BCUT2D eigenvalue weighted by Crippen LogP contribution is 2.34. The van der Waals surface area contributed by atoms with Crippen LogP contribution in [0.25, 0.3) is 22.0 Å². The first-order valence-corrected chi connectivity index (χ1v) is 6.82. The number of amides is 2. The molecule has 0 radical (unpaired) electrons. The highest BCUT2D eigenvalue weighted by molar-refractivity contribution is 5.98. The Morgan fingerprint density at radius 3 is 2.77 bits per heavy atom. The van der Waals surface area contributed by atoms with Crippen LogP contribution < -0.4 is 5.73 Å². The lowest BCUT2D eigenvalue weighted by Gasteiger charge is -2.14. The minimum atomic E-state index is -0.887. The van der Waals surface area contributed by atoms with E-state index < -0.39 is 6.03 Å². The average molecular weight is 296 g/mol. The number of carbonyl (C=O) groups is 1. The monoisotopic (exact) mass is 296 g/mol. The average Bonchev–Trinajstić information content (AvgIpc) is 2.81.